The number of carbonyl (C=O) groups excluding carboxylic acids is 2. The van der Waals surface area contributed by atoms with Crippen molar-refractivity contribution in [1.29, 1.82) is 0 Å². The van der Waals surface area contributed by atoms with E-state index in [0.717, 1.165) is 0 Å². The number of ether oxygens (including phenoxy) is 1. The summed E-state index contributed by atoms with van der Waals surface area (Å²) in [6.07, 6.45) is 1.92. The molecule has 0 saturated carbocycles. The van der Waals surface area contributed by atoms with Gasteiger partial charge >= 0.3 is 12.0 Å². The molecule has 0 bridgehead atoms. The maximum Gasteiger partial charge on any atom is 0.329 e. The molecule has 2 aliphatic rings. The summed E-state index contributed by atoms with van der Waals surface area (Å²) in [4.78, 5) is 39.5. The molecular weight excluding hydrogens is 330 g/mol. The number of furan rings is 1. The Labute approximate surface area is 144 Å². The number of nitrogens with zero attached hydrogens (tertiary/aromatic N) is 2. The molecule has 0 atom stereocenters. The van der Waals surface area contributed by atoms with Crippen LogP contribution in [-0.2, 0) is 9.53 Å². The average molecular weight is 351 g/mol. The molecule has 0 aromatic carbocycles. The normalized spacial score (nSPS) is 20.2. The number of aliphatic carboxylic acids is 1. The van der Waals surface area contributed by atoms with Gasteiger partial charge in [0.15, 0.2) is 5.76 Å². The van der Waals surface area contributed by atoms with Gasteiger partial charge in [-0.3, -0.25) is 4.79 Å². The number of hydrogen-bond donors (Lipinski definition) is 2. The van der Waals surface area contributed by atoms with Gasteiger partial charge in [-0.15, -0.1) is 0 Å². The van der Waals surface area contributed by atoms with E-state index in [9.17, 15) is 19.5 Å². The summed E-state index contributed by atoms with van der Waals surface area (Å²) in [5.41, 5.74) is -1.28. The highest BCUT2D eigenvalue weighted by molar-refractivity contribution is 5.91. The molecule has 136 valence electrons. The molecule has 3 heterocycles. The Morgan fingerprint density at radius 3 is 2.28 bits per heavy atom. The first-order chi connectivity index (χ1) is 12.0. The molecule has 0 spiro atoms. The predicted molar refractivity (Wildman–Crippen MR) is 85.1 cm³/mol. The van der Waals surface area contributed by atoms with Crippen LogP contribution in [0.3, 0.4) is 0 Å². The maximum absolute atomic E-state index is 12.5. The Bertz CT molecular complexity index is 630. The summed E-state index contributed by atoms with van der Waals surface area (Å²) in [6, 6.07) is 2.83. The van der Waals surface area contributed by atoms with Crippen LogP contribution >= 0.6 is 0 Å². The fraction of sp³-hybridized carbons (Fsp3) is 0.562. The van der Waals surface area contributed by atoms with Gasteiger partial charge in [0.2, 0.25) is 0 Å². The van der Waals surface area contributed by atoms with Gasteiger partial charge in [-0.1, -0.05) is 0 Å². The van der Waals surface area contributed by atoms with Crippen molar-refractivity contribution in [3.8, 4) is 0 Å². The SMILES string of the molecule is O=C(NC1(C(=O)O)CCOCC1)N1CCN(C(=O)c2ccco2)CC1. The number of hydrogen-bond acceptors (Lipinski definition) is 5. The van der Waals surface area contributed by atoms with Gasteiger partial charge in [0.25, 0.3) is 5.91 Å². The predicted octanol–water partition coefficient (Wildman–Crippen LogP) is 0.381. The van der Waals surface area contributed by atoms with Gasteiger partial charge in [-0.25, -0.2) is 9.59 Å². The first-order valence-electron chi connectivity index (χ1n) is 8.23. The van der Waals surface area contributed by atoms with Crippen molar-refractivity contribution in [1.82, 2.24) is 15.1 Å². The lowest BCUT2D eigenvalue weighted by Crippen LogP contribution is -2.62. The molecule has 9 nitrogen and oxygen atoms in total. The summed E-state index contributed by atoms with van der Waals surface area (Å²) in [5.74, 6) is -0.989. The lowest BCUT2D eigenvalue weighted by molar-refractivity contribution is -0.148. The third-order valence-electron chi connectivity index (χ3n) is 4.69. The van der Waals surface area contributed by atoms with Crippen LogP contribution in [0.15, 0.2) is 22.8 Å². The lowest BCUT2D eigenvalue weighted by atomic mass is 9.90. The molecule has 9 heteroatoms. The van der Waals surface area contributed by atoms with Crippen LogP contribution in [0, 0.1) is 0 Å². The molecule has 0 unspecified atom stereocenters. The average Bonchev–Trinajstić information content (AvgIpc) is 3.16. The zero-order chi connectivity index (χ0) is 17.9. The molecule has 0 radical (unpaired) electrons. The minimum absolute atomic E-state index is 0.212. The second-order valence-electron chi connectivity index (χ2n) is 6.19. The summed E-state index contributed by atoms with van der Waals surface area (Å²) in [6.45, 7) is 2.03. The zero-order valence-electron chi connectivity index (χ0n) is 13.8. The first kappa shape index (κ1) is 17.3. The van der Waals surface area contributed by atoms with Crippen molar-refractivity contribution in [2.75, 3.05) is 39.4 Å². The number of carbonyl (C=O) groups is 3. The third-order valence-corrected chi connectivity index (χ3v) is 4.69. The Hall–Kier alpha value is -2.55. The molecule has 2 N–H and O–H groups in total. The van der Waals surface area contributed by atoms with Gasteiger partial charge < -0.3 is 29.4 Å². The summed E-state index contributed by atoms with van der Waals surface area (Å²) in [7, 11) is 0. The Morgan fingerprint density at radius 2 is 1.72 bits per heavy atom. The van der Waals surface area contributed by atoms with E-state index in [-0.39, 0.29) is 24.5 Å². The molecule has 1 aromatic heterocycles. The number of amides is 3. The lowest BCUT2D eigenvalue weighted by Gasteiger charge is -2.38. The van der Waals surface area contributed by atoms with Crippen molar-refractivity contribution in [3.05, 3.63) is 24.2 Å². The van der Waals surface area contributed by atoms with E-state index >= 15 is 0 Å². The molecule has 3 rings (SSSR count). The van der Waals surface area contributed by atoms with E-state index in [1.165, 1.54) is 11.2 Å². The van der Waals surface area contributed by atoms with Crippen molar-refractivity contribution >= 4 is 17.9 Å². The molecule has 3 amide bonds. The van der Waals surface area contributed by atoms with Gasteiger partial charge in [0, 0.05) is 52.2 Å². The molecular formula is C16H21N3O6. The summed E-state index contributed by atoms with van der Waals surface area (Å²) < 4.78 is 10.3. The van der Waals surface area contributed by atoms with Gasteiger partial charge in [0.05, 0.1) is 6.26 Å². The molecule has 2 aliphatic heterocycles. The van der Waals surface area contributed by atoms with Crippen LogP contribution in [0.4, 0.5) is 4.79 Å². The van der Waals surface area contributed by atoms with Gasteiger partial charge in [-0.2, -0.15) is 0 Å². The summed E-state index contributed by atoms with van der Waals surface area (Å²) in [5, 5.41) is 12.2. The second kappa shape index (κ2) is 7.14. The standard InChI is InChI=1S/C16H21N3O6/c20-13(12-2-1-9-25-12)18-5-7-19(8-6-18)15(23)17-16(14(21)22)3-10-24-11-4-16/h1-2,9H,3-8,10-11H2,(H,17,23)(H,21,22). The fourth-order valence-corrected chi connectivity index (χ4v) is 3.06. The number of carboxylic acid groups (broad SMARTS) is 1. The molecule has 0 aliphatic carbocycles. The molecule has 2 fully saturated rings. The van der Waals surface area contributed by atoms with Crippen molar-refractivity contribution < 1.29 is 28.6 Å². The Balaban J connectivity index is 1.56. The number of carboxylic acids is 1. The zero-order valence-corrected chi connectivity index (χ0v) is 13.8. The Morgan fingerprint density at radius 1 is 1.08 bits per heavy atom. The van der Waals surface area contributed by atoms with Crippen molar-refractivity contribution in [2.24, 2.45) is 0 Å². The highest BCUT2D eigenvalue weighted by atomic mass is 16.5. The number of nitrogens with one attached hydrogen (secondary N) is 1. The smallest absolute Gasteiger partial charge is 0.329 e. The minimum atomic E-state index is -1.28. The Kier molecular flexibility index (Phi) is 4.93. The number of piperazine rings is 1. The van der Waals surface area contributed by atoms with E-state index < -0.39 is 17.5 Å². The van der Waals surface area contributed by atoms with Crippen LogP contribution < -0.4 is 5.32 Å². The van der Waals surface area contributed by atoms with E-state index in [1.807, 2.05) is 0 Å². The monoisotopic (exact) mass is 351 g/mol. The van der Waals surface area contributed by atoms with Crippen LogP contribution in [-0.4, -0.2) is 77.7 Å². The first-order valence-corrected chi connectivity index (χ1v) is 8.23. The van der Waals surface area contributed by atoms with Crippen LogP contribution in [0.5, 0.6) is 0 Å². The molecule has 25 heavy (non-hydrogen) atoms. The molecule has 1 aromatic rings. The topological polar surface area (TPSA) is 112 Å². The highest BCUT2D eigenvalue weighted by Crippen LogP contribution is 2.22. The van der Waals surface area contributed by atoms with E-state index in [0.29, 0.717) is 39.4 Å². The number of urea groups is 1. The fourth-order valence-electron chi connectivity index (χ4n) is 3.06. The van der Waals surface area contributed by atoms with E-state index in [4.69, 9.17) is 9.15 Å². The largest absolute Gasteiger partial charge is 0.480 e. The van der Waals surface area contributed by atoms with Gasteiger partial charge in [-0.05, 0) is 12.1 Å². The van der Waals surface area contributed by atoms with Crippen LogP contribution in [0.2, 0.25) is 0 Å². The van der Waals surface area contributed by atoms with Crippen LogP contribution in [0.25, 0.3) is 0 Å². The summed E-state index contributed by atoms with van der Waals surface area (Å²) >= 11 is 0. The minimum Gasteiger partial charge on any atom is -0.480 e. The van der Waals surface area contributed by atoms with E-state index in [2.05, 4.69) is 5.32 Å². The van der Waals surface area contributed by atoms with Crippen molar-refractivity contribution in [3.63, 3.8) is 0 Å². The van der Waals surface area contributed by atoms with E-state index in [1.54, 1.807) is 17.0 Å². The number of rotatable bonds is 3. The van der Waals surface area contributed by atoms with Gasteiger partial charge in [0.1, 0.15) is 5.54 Å². The third kappa shape index (κ3) is 3.60. The molecule has 2 saturated heterocycles. The highest BCUT2D eigenvalue weighted by Gasteiger charge is 2.42. The second-order valence-corrected chi connectivity index (χ2v) is 6.19. The van der Waals surface area contributed by atoms with Crippen LogP contribution in [0.1, 0.15) is 23.4 Å². The maximum atomic E-state index is 12.5. The quantitative estimate of drug-likeness (QED) is 0.814. The van der Waals surface area contributed by atoms with Crippen molar-refractivity contribution in [2.45, 2.75) is 18.4 Å².